The summed E-state index contributed by atoms with van der Waals surface area (Å²) in [6, 6.07) is 0.613. The Balaban J connectivity index is 2.34. The van der Waals surface area contributed by atoms with Crippen LogP contribution < -0.4 is 5.32 Å². The van der Waals surface area contributed by atoms with Crippen LogP contribution in [0, 0.1) is 0 Å². The summed E-state index contributed by atoms with van der Waals surface area (Å²) in [5.41, 5.74) is -3.96. The van der Waals surface area contributed by atoms with Crippen molar-refractivity contribution in [3.8, 4) is 0 Å². The van der Waals surface area contributed by atoms with Gasteiger partial charge in [0.1, 0.15) is 11.6 Å². The minimum absolute atomic E-state index is 0.0571. The SMILES string of the molecule is COCc1nnc(NC(=O)c2cc(C(F)(F)F)cc(C(F)(F)F)c2)s1. The predicted octanol–water partition coefficient (Wildman–Crippen LogP) is 3.97. The van der Waals surface area contributed by atoms with Gasteiger partial charge in [-0.05, 0) is 18.2 Å². The van der Waals surface area contributed by atoms with Crippen molar-refractivity contribution in [3.05, 3.63) is 39.9 Å². The molecule has 5 nitrogen and oxygen atoms in total. The van der Waals surface area contributed by atoms with Gasteiger partial charge in [0, 0.05) is 12.7 Å². The first kappa shape index (κ1) is 19.1. The maximum Gasteiger partial charge on any atom is 0.416 e. The van der Waals surface area contributed by atoms with Crippen molar-refractivity contribution in [1.82, 2.24) is 10.2 Å². The Morgan fingerprint density at radius 2 is 1.64 bits per heavy atom. The first-order valence-corrected chi connectivity index (χ1v) is 7.24. The summed E-state index contributed by atoms with van der Waals surface area (Å²) in [7, 11) is 1.39. The zero-order valence-corrected chi connectivity index (χ0v) is 13.1. The van der Waals surface area contributed by atoms with E-state index in [1.54, 1.807) is 0 Å². The first-order valence-electron chi connectivity index (χ1n) is 6.43. The zero-order valence-electron chi connectivity index (χ0n) is 12.3. The van der Waals surface area contributed by atoms with Gasteiger partial charge in [-0.1, -0.05) is 11.3 Å². The third-order valence-corrected chi connectivity index (χ3v) is 3.62. The van der Waals surface area contributed by atoms with Crippen LogP contribution in [0.3, 0.4) is 0 Å². The molecule has 0 bridgehead atoms. The number of anilines is 1. The maximum absolute atomic E-state index is 12.8. The van der Waals surface area contributed by atoms with E-state index in [0.29, 0.717) is 17.1 Å². The Labute approximate surface area is 140 Å². The van der Waals surface area contributed by atoms with Crippen LogP contribution >= 0.6 is 11.3 Å². The second kappa shape index (κ2) is 6.96. The molecule has 0 fully saturated rings. The van der Waals surface area contributed by atoms with Crippen molar-refractivity contribution in [3.63, 3.8) is 0 Å². The number of rotatable bonds is 4. The average Bonchev–Trinajstić information content (AvgIpc) is 2.92. The largest absolute Gasteiger partial charge is 0.416 e. The van der Waals surface area contributed by atoms with E-state index in [1.165, 1.54) is 7.11 Å². The molecule has 1 aromatic carbocycles. The smallest absolute Gasteiger partial charge is 0.377 e. The highest BCUT2D eigenvalue weighted by Gasteiger charge is 2.37. The van der Waals surface area contributed by atoms with Crippen molar-refractivity contribution < 1.29 is 35.9 Å². The van der Waals surface area contributed by atoms with Crippen LogP contribution in [-0.4, -0.2) is 23.2 Å². The number of aromatic nitrogens is 2. The Hall–Kier alpha value is -2.21. The third-order valence-electron chi connectivity index (χ3n) is 2.80. The third kappa shape index (κ3) is 4.89. The summed E-state index contributed by atoms with van der Waals surface area (Å²) in [5, 5.41) is 9.59. The highest BCUT2D eigenvalue weighted by atomic mass is 32.1. The molecular formula is C13H9F6N3O2S. The molecule has 1 N–H and O–H groups in total. The van der Waals surface area contributed by atoms with Gasteiger partial charge in [-0.15, -0.1) is 10.2 Å². The van der Waals surface area contributed by atoms with E-state index in [2.05, 4.69) is 15.5 Å². The number of hydrogen-bond acceptors (Lipinski definition) is 5. The molecule has 0 aliphatic heterocycles. The van der Waals surface area contributed by atoms with Crippen molar-refractivity contribution in [2.75, 3.05) is 12.4 Å². The van der Waals surface area contributed by atoms with Gasteiger partial charge >= 0.3 is 12.4 Å². The fourth-order valence-corrected chi connectivity index (χ4v) is 2.45. The molecule has 12 heteroatoms. The Morgan fingerprint density at radius 3 is 2.12 bits per heavy atom. The summed E-state index contributed by atoms with van der Waals surface area (Å²) < 4.78 is 81.5. The lowest BCUT2D eigenvalue weighted by Gasteiger charge is -2.13. The lowest BCUT2D eigenvalue weighted by atomic mass is 10.0. The first-order chi connectivity index (χ1) is 11.5. The van der Waals surface area contributed by atoms with Crippen molar-refractivity contribution in [1.29, 1.82) is 0 Å². The topological polar surface area (TPSA) is 64.1 Å². The number of ether oxygens (including phenoxy) is 1. The van der Waals surface area contributed by atoms with Crippen LogP contribution in [-0.2, 0) is 23.7 Å². The van der Waals surface area contributed by atoms with Gasteiger partial charge in [-0.25, -0.2) is 0 Å². The van der Waals surface area contributed by atoms with Crippen LogP contribution in [0.2, 0.25) is 0 Å². The Morgan fingerprint density at radius 1 is 1.08 bits per heavy atom. The molecule has 1 aromatic heterocycles. The molecule has 2 aromatic rings. The number of methoxy groups -OCH3 is 1. The highest BCUT2D eigenvalue weighted by Crippen LogP contribution is 2.36. The fraction of sp³-hybridized carbons (Fsp3) is 0.308. The van der Waals surface area contributed by atoms with Gasteiger partial charge < -0.3 is 4.74 Å². The minimum Gasteiger partial charge on any atom is -0.377 e. The standard InChI is InChI=1S/C13H9F6N3O2S/c1-24-5-9-21-22-11(25-9)20-10(23)6-2-7(12(14,15)16)4-8(3-6)13(17,18)19/h2-4H,5H2,1H3,(H,20,22,23). The lowest BCUT2D eigenvalue weighted by molar-refractivity contribution is -0.143. The number of carbonyl (C=O) groups is 1. The molecule has 0 saturated heterocycles. The van der Waals surface area contributed by atoms with Gasteiger partial charge in [0.2, 0.25) is 5.13 Å². The molecule has 0 unspecified atom stereocenters. The van der Waals surface area contributed by atoms with Crippen molar-refractivity contribution in [2.45, 2.75) is 19.0 Å². The highest BCUT2D eigenvalue weighted by molar-refractivity contribution is 7.15. The molecule has 0 saturated carbocycles. The second-order valence-corrected chi connectivity index (χ2v) is 5.74. The van der Waals surface area contributed by atoms with Gasteiger partial charge in [0.05, 0.1) is 11.1 Å². The second-order valence-electron chi connectivity index (χ2n) is 4.68. The van der Waals surface area contributed by atoms with Crippen molar-refractivity contribution >= 4 is 22.4 Å². The van der Waals surface area contributed by atoms with E-state index < -0.39 is 35.0 Å². The number of carbonyl (C=O) groups excluding carboxylic acids is 1. The Kier molecular flexibility index (Phi) is 5.32. The molecule has 0 aliphatic carbocycles. The maximum atomic E-state index is 12.8. The van der Waals surface area contributed by atoms with Crippen LogP contribution in [0.1, 0.15) is 26.5 Å². The van der Waals surface area contributed by atoms with E-state index in [0.717, 1.165) is 11.3 Å². The lowest BCUT2D eigenvalue weighted by Crippen LogP contribution is -2.17. The van der Waals surface area contributed by atoms with Crippen molar-refractivity contribution in [2.24, 2.45) is 0 Å². The molecule has 25 heavy (non-hydrogen) atoms. The molecule has 2 rings (SSSR count). The molecule has 1 heterocycles. The number of halogens is 6. The van der Waals surface area contributed by atoms with Gasteiger partial charge in [-0.2, -0.15) is 26.3 Å². The Bertz CT molecular complexity index is 740. The van der Waals surface area contributed by atoms with Crippen LogP contribution in [0.25, 0.3) is 0 Å². The molecule has 0 radical (unpaired) electrons. The molecule has 0 spiro atoms. The molecule has 136 valence electrons. The van der Waals surface area contributed by atoms with E-state index in [9.17, 15) is 31.1 Å². The normalized spacial score (nSPS) is 12.3. The fourth-order valence-electron chi connectivity index (χ4n) is 1.74. The van der Waals surface area contributed by atoms with E-state index in [-0.39, 0.29) is 17.8 Å². The van der Waals surface area contributed by atoms with E-state index in [4.69, 9.17) is 4.74 Å². The van der Waals surface area contributed by atoms with E-state index >= 15 is 0 Å². The van der Waals surface area contributed by atoms with E-state index in [1.807, 2.05) is 0 Å². The summed E-state index contributed by atoms with van der Waals surface area (Å²) >= 11 is 0.876. The van der Waals surface area contributed by atoms with Crippen LogP contribution in [0.15, 0.2) is 18.2 Å². The summed E-state index contributed by atoms with van der Waals surface area (Å²) in [6.45, 7) is 0.0926. The summed E-state index contributed by atoms with van der Waals surface area (Å²) in [6.07, 6.45) is -10.1. The van der Waals surface area contributed by atoms with Gasteiger partial charge in [-0.3, -0.25) is 10.1 Å². The van der Waals surface area contributed by atoms with Crippen LogP contribution in [0.4, 0.5) is 31.5 Å². The number of nitrogens with one attached hydrogen (secondary N) is 1. The van der Waals surface area contributed by atoms with Gasteiger partial charge in [0.15, 0.2) is 0 Å². The number of nitrogens with zero attached hydrogens (tertiary/aromatic N) is 2. The molecule has 0 atom stereocenters. The van der Waals surface area contributed by atoms with Crippen LogP contribution in [0.5, 0.6) is 0 Å². The number of amides is 1. The average molecular weight is 385 g/mol. The molecular weight excluding hydrogens is 376 g/mol. The summed E-state index contributed by atoms with van der Waals surface area (Å²) in [5.74, 6) is -1.17. The number of alkyl halides is 6. The minimum atomic E-state index is -5.04. The molecule has 1 amide bonds. The zero-order chi connectivity index (χ0) is 18.8. The number of hydrogen-bond donors (Lipinski definition) is 1. The predicted molar refractivity (Wildman–Crippen MR) is 75.0 cm³/mol. The quantitative estimate of drug-likeness (QED) is 0.809. The van der Waals surface area contributed by atoms with Gasteiger partial charge in [0.25, 0.3) is 5.91 Å². The molecule has 0 aliphatic rings. The summed E-state index contributed by atoms with van der Waals surface area (Å²) in [4.78, 5) is 12.0. The number of benzene rings is 1. The monoisotopic (exact) mass is 385 g/mol.